The van der Waals surface area contributed by atoms with Crippen LogP contribution in [0.2, 0.25) is 0 Å². The standard InChI is InChI=1S/C24H21FN4O/c1-14-5-3-4-6-19(14)23-28-27-22-13-16(9-10-29(22)23)20-11-17(12-21(25)15(20)2)24(30)26-18-7-8-18/h3-6,9-13,18H,7-8H2,1-2H3,(H,26,30). The van der Waals surface area contributed by atoms with E-state index in [1.807, 2.05) is 53.9 Å². The van der Waals surface area contributed by atoms with Crippen LogP contribution < -0.4 is 5.32 Å². The summed E-state index contributed by atoms with van der Waals surface area (Å²) in [5.41, 5.74) is 5.10. The van der Waals surface area contributed by atoms with Crippen LogP contribution in [0.4, 0.5) is 4.39 Å². The Balaban J connectivity index is 1.57. The lowest BCUT2D eigenvalue weighted by atomic mass is 9.97. The summed E-state index contributed by atoms with van der Waals surface area (Å²) in [5, 5.41) is 11.6. The Labute approximate surface area is 173 Å². The second-order valence-corrected chi connectivity index (χ2v) is 7.86. The number of aromatic nitrogens is 3. The van der Waals surface area contributed by atoms with Crippen molar-refractivity contribution in [1.82, 2.24) is 19.9 Å². The number of hydrogen-bond acceptors (Lipinski definition) is 3. The van der Waals surface area contributed by atoms with Crippen LogP contribution in [0, 0.1) is 19.7 Å². The number of hydrogen-bond donors (Lipinski definition) is 1. The molecule has 1 aliphatic carbocycles. The lowest BCUT2D eigenvalue weighted by Crippen LogP contribution is -2.25. The van der Waals surface area contributed by atoms with Crippen molar-refractivity contribution in [2.24, 2.45) is 0 Å². The van der Waals surface area contributed by atoms with E-state index in [9.17, 15) is 9.18 Å². The Morgan fingerprint density at radius 2 is 1.87 bits per heavy atom. The number of benzene rings is 2. The number of rotatable bonds is 4. The van der Waals surface area contributed by atoms with Gasteiger partial charge in [0.1, 0.15) is 5.82 Å². The van der Waals surface area contributed by atoms with Crippen molar-refractivity contribution in [2.75, 3.05) is 0 Å². The average Bonchev–Trinajstić information content (AvgIpc) is 3.46. The van der Waals surface area contributed by atoms with Crippen molar-refractivity contribution in [1.29, 1.82) is 0 Å². The zero-order chi connectivity index (χ0) is 20.8. The molecule has 5 rings (SSSR count). The molecule has 2 heterocycles. The molecule has 1 aliphatic rings. The zero-order valence-corrected chi connectivity index (χ0v) is 16.8. The second kappa shape index (κ2) is 7.06. The number of carbonyl (C=O) groups is 1. The van der Waals surface area contributed by atoms with Crippen LogP contribution in [-0.2, 0) is 0 Å². The van der Waals surface area contributed by atoms with Gasteiger partial charge in [0, 0.05) is 23.4 Å². The molecule has 6 heteroatoms. The van der Waals surface area contributed by atoms with Crippen LogP contribution in [0.15, 0.2) is 54.7 Å². The summed E-state index contributed by atoms with van der Waals surface area (Å²) in [6.45, 7) is 3.76. The number of fused-ring (bicyclic) bond motifs is 1. The fraction of sp³-hybridized carbons (Fsp3) is 0.208. The first-order chi connectivity index (χ1) is 14.5. The van der Waals surface area contributed by atoms with Gasteiger partial charge in [-0.3, -0.25) is 9.20 Å². The number of amides is 1. The Hall–Kier alpha value is -3.54. The Morgan fingerprint density at radius 3 is 2.63 bits per heavy atom. The Morgan fingerprint density at radius 1 is 1.07 bits per heavy atom. The van der Waals surface area contributed by atoms with E-state index >= 15 is 0 Å². The number of nitrogens with one attached hydrogen (secondary N) is 1. The van der Waals surface area contributed by atoms with E-state index in [1.165, 1.54) is 6.07 Å². The van der Waals surface area contributed by atoms with Crippen molar-refractivity contribution in [3.05, 3.63) is 77.2 Å². The van der Waals surface area contributed by atoms with Gasteiger partial charge in [0.2, 0.25) is 0 Å². The van der Waals surface area contributed by atoms with Gasteiger partial charge in [-0.2, -0.15) is 0 Å². The number of nitrogens with zero attached hydrogens (tertiary/aromatic N) is 3. The number of carbonyl (C=O) groups excluding carboxylic acids is 1. The third kappa shape index (κ3) is 3.24. The Bertz CT molecular complexity index is 1290. The van der Waals surface area contributed by atoms with Crippen LogP contribution >= 0.6 is 0 Å². The quantitative estimate of drug-likeness (QED) is 0.540. The summed E-state index contributed by atoms with van der Waals surface area (Å²) in [4.78, 5) is 12.4. The minimum Gasteiger partial charge on any atom is -0.349 e. The average molecular weight is 400 g/mol. The highest BCUT2D eigenvalue weighted by atomic mass is 19.1. The van der Waals surface area contributed by atoms with E-state index in [4.69, 9.17) is 0 Å². The highest BCUT2D eigenvalue weighted by molar-refractivity contribution is 5.96. The van der Waals surface area contributed by atoms with Crippen molar-refractivity contribution < 1.29 is 9.18 Å². The van der Waals surface area contributed by atoms with Gasteiger partial charge < -0.3 is 5.32 Å². The first kappa shape index (κ1) is 18.5. The van der Waals surface area contributed by atoms with Gasteiger partial charge in [-0.1, -0.05) is 24.3 Å². The topological polar surface area (TPSA) is 59.3 Å². The largest absolute Gasteiger partial charge is 0.349 e. The minimum atomic E-state index is -0.393. The maximum absolute atomic E-state index is 14.6. The molecule has 0 aliphatic heterocycles. The molecule has 5 nitrogen and oxygen atoms in total. The predicted molar refractivity (Wildman–Crippen MR) is 114 cm³/mol. The molecule has 30 heavy (non-hydrogen) atoms. The van der Waals surface area contributed by atoms with Crippen molar-refractivity contribution in [3.8, 4) is 22.5 Å². The molecule has 0 spiro atoms. The van der Waals surface area contributed by atoms with Crippen molar-refractivity contribution in [3.63, 3.8) is 0 Å². The SMILES string of the molecule is Cc1ccccc1-c1nnc2cc(-c3cc(C(=O)NC4CC4)cc(F)c3C)ccn12. The highest BCUT2D eigenvalue weighted by Crippen LogP contribution is 2.30. The van der Waals surface area contributed by atoms with Gasteiger partial charge in [-0.05, 0) is 73.2 Å². The summed E-state index contributed by atoms with van der Waals surface area (Å²) in [6, 6.07) is 15.1. The molecule has 0 radical (unpaired) electrons. The zero-order valence-electron chi connectivity index (χ0n) is 16.8. The third-order valence-corrected chi connectivity index (χ3v) is 5.63. The summed E-state index contributed by atoms with van der Waals surface area (Å²) in [6.07, 6.45) is 3.86. The fourth-order valence-corrected chi connectivity index (χ4v) is 3.67. The molecule has 2 aromatic heterocycles. The maximum atomic E-state index is 14.6. The molecule has 0 saturated heterocycles. The van der Waals surface area contributed by atoms with E-state index in [1.54, 1.807) is 13.0 Å². The number of pyridine rings is 1. The molecule has 1 fully saturated rings. The molecular formula is C24H21FN4O. The first-order valence-electron chi connectivity index (χ1n) is 10.0. The summed E-state index contributed by atoms with van der Waals surface area (Å²) < 4.78 is 16.5. The van der Waals surface area contributed by atoms with E-state index in [0.717, 1.165) is 35.4 Å². The van der Waals surface area contributed by atoms with Crippen molar-refractivity contribution in [2.45, 2.75) is 32.7 Å². The number of halogens is 1. The molecule has 0 unspecified atom stereocenters. The molecule has 0 atom stereocenters. The summed E-state index contributed by atoms with van der Waals surface area (Å²) >= 11 is 0. The number of aryl methyl sites for hydroxylation is 1. The fourth-order valence-electron chi connectivity index (χ4n) is 3.67. The normalized spacial score (nSPS) is 13.6. The second-order valence-electron chi connectivity index (χ2n) is 7.86. The molecular weight excluding hydrogens is 379 g/mol. The highest BCUT2D eigenvalue weighted by Gasteiger charge is 2.24. The van der Waals surface area contributed by atoms with Crippen LogP contribution in [-0.4, -0.2) is 26.5 Å². The van der Waals surface area contributed by atoms with E-state index < -0.39 is 5.82 Å². The smallest absolute Gasteiger partial charge is 0.251 e. The lowest BCUT2D eigenvalue weighted by Gasteiger charge is -2.11. The molecule has 1 saturated carbocycles. The van der Waals surface area contributed by atoms with Gasteiger partial charge in [0.05, 0.1) is 0 Å². The summed E-state index contributed by atoms with van der Waals surface area (Å²) in [5.74, 6) is 0.133. The lowest BCUT2D eigenvalue weighted by molar-refractivity contribution is 0.0950. The third-order valence-electron chi connectivity index (χ3n) is 5.63. The maximum Gasteiger partial charge on any atom is 0.251 e. The molecule has 4 aromatic rings. The van der Waals surface area contributed by atoms with Crippen LogP contribution in [0.1, 0.15) is 34.3 Å². The van der Waals surface area contributed by atoms with Crippen molar-refractivity contribution >= 4 is 11.6 Å². The van der Waals surface area contributed by atoms with E-state index in [2.05, 4.69) is 15.5 Å². The molecule has 2 aromatic carbocycles. The van der Waals surface area contributed by atoms with Crippen LogP contribution in [0.3, 0.4) is 0 Å². The van der Waals surface area contributed by atoms with Crippen LogP contribution in [0.25, 0.3) is 28.2 Å². The monoisotopic (exact) mass is 400 g/mol. The van der Waals surface area contributed by atoms with Gasteiger partial charge >= 0.3 is 0 Å². The van der Waals surface area contributed by atoms with Crippen LogP contribution in [0.5, 0.6) is 0 Å². The molecule has 1 amide bonds. The first-order valence-corrected chi connectivity index (χ1v) is 10.0. The van der Waals surface area contributed by atoms with E-state index in [-0.39, 0.29) is 11.9 Å². The van der Waals surface area contributed by atoms with Gasteiger partial charge in [0.15, 0.2) is 11.5 Å². The minimum absolute atomic E-state index is 0.220. The predicted octanol–water partition coefficient (Wildman–Crippen LogP) is 4.71. The van der Waals surface area contributed by atoms with Gasteiger partial charge in [0.25, 0.3) is 5.91 Å². The molecule has 0 bridgehead atoms. The van der Waals surface area contributed by atoms with Gasteiger partial charge in [-0.25, -0.2) is 4.39 Å². The molecule has 150 valence electrons. The van der Waals surface area contributed by atoms with Gasteiger partial charge in [-0.15, -0.1) is 10.2 Å². The van der Waals surface area contributed by atoms with E-state index in [0.29, 0.717) is 22.3 Å². The summed E-state index contributed by atoms with van der Waals surface area (Å²) in [7, 11) is 0. The Kier molecular flexibility index (Phi) is 4.35. The molecule has 1 N–H and O–H groups in total.